The van der Waals surface area contributed by atoms with Crippen molar-refractivity contribution < 1.29 is 0 Å². The summed E-state index contributed by atoms with van der Waals surface area (Å²) in [5.41, 5.74) is 1.54. The van der Waals surface area contributed by atoms with E-state index in [1.54, 1.807) is 5.56 Å². The minimum Gasteiger partial charge on any atom is -0.303 e. The van der Waals surface area contributed by atoms with Gasteiger partial charge < -0.3 is 4.90 Å². The lowest BCUT2D eigenvalue weighted by Gasteiger charge is -2.21. The molecule has 1 aliphatic rings. The summed E-state index contributed by atoms with van der Waals surface area (Å²) in [5.74, 6) is 0. The first-order valence-electron chi connectivity index (χ1n) is 5.80. The van der Waals surface area contributed by atoms with Crippen molar-refractivity contribution in [3.8, 4) is 0 Å². The molecule has 1 unspecified atom stereocenters. The van der Waals surface area contributed by atoms with Gasteiger partial charge in [0.15, 0.2) is 0 Å². The molecule has 0 amide bonds. The highest BCUT2D eigenvalue weighted by atomic mass is 32.2. The standard InChI is InChI=1S/C13H19NS/c1-3-14(4-2)10-12-9-11-7-5-6-8-13(11)15-12/h5-8,12H,3-4,9-10H2,1-2H3. The first-order chi connectivity index (χ1) is 7.33. The Kier molecular flexibility index (Phi) is 3.71. The molecule has 0 bridgehead atoms. The minimum absolute atomic E-state index is 0.766. The van der Waals surface area contributed by atoms with Crippen LogP contribution in [0.3, 0.4) is 0 Å². The van der Waals surface area contributed by atoms with E-state index in [0.717, 1.165) is 5.25 Å². The summed E-state index contributed by atoms with van der Waals surface area (Å²) in [6.07, 6.45) is 1.25. The average molecular weight is 221 g/mol. The topological polar surface area (TPSA) is 3.24 Å². The molecule has 2 rings (SSSR count). The van der Waals surface area contributed by atoms with Crippen molar-refractivity contribution in [2.45, 2.75) is 30.4 Å². The second-order valence-electron chi connectivity index (χ2n) is 4.04. The number of fused-ring (bicyclic) bond motifs is 1. The largest absolute Gasteiger partial charge is 0.303 e. The maximum Gasteiger partial charge on any atom is 0.0263 e. The number of benzene rings is 1. The van der Waals surface area contributed by atoms with E-state index in [1.807, 2.05) is 0 Å². The van der Waals surface area contributed by atoms with Crippen LogP contribution >= 0.6 is 11.8 Å². The summed E-state index contributed by atoms with van der Waals surface area (Å²) in [5, 5.41) is 0.766. The molecule has 0 spiro atoms. The van der Waals surface area contributed by atoms with Crippen LogP contribution in [0.1, 0.15) is 19.4 Å². The highest BCUT2D eigenvalue weighted by Gasteiger charge is 2.22. The van der Waals surface area contributed by atoms with Crippen LogP contribution in [0, 0.1) is 0 Å². The van der Waals surface area contributed by atoms with Gasteiger partial charge in [-0.05, 0) is 31.1 Å². The number of rotatable bonds is 4. The summed E-state index contributed by atoms with van der Waals surface area (Å²) >= 11 is 2.05. The Hall–Kier alpha value is -0.470. The first kappa shape index (κ1) is 11.0. The molecule has 1 aliphatic heterocycles. The number of hydrogen-bond acceptors (Lipinski definition) is 2. The summed E-state index contributed by atoms with van der Waals surface area (Å²) in [6.45, 7) is 8.06. The van der Waals surface area contributed by atoms with Gasteiger partial charge in [-0.25, -0.2) is 0 Å². The molecular weight excluding hydrogens is 202 g/mol. The van der Waals surface area contributed by atoms with Crippen LogP contribution in [0.2, 0.25) is 0 Å². The maximum absolute atomic E-state index is 2.52. The van der Waals surface area contributed by atoms with Crippen molar-refractivity contribution in [3.05, 3.63) is 29.8 Å². The zero-order valence-electron chi connectivity index (χ0n) is 9.57. The summed E-state index contributed by atoms with van der Waals surface area (Å²) in [6, 6.07) is 8.82. The molecule has 2 heteroatoms. The van der Waals surface area contributed by atoms with Crippen molar-refractivity contribution >= 4 is 11.8 Å². The lowest BCUT2D eigenvalue weighted by atomic mass is 10.1. The molecule has 0 aromatic heterocycles. The van der Waals surface area contributed by atoms with Gasteiger partial charge >= 0.3 is 0 Å². The molecule has 0 aliphatic carbocycles. The van der Waals surface area contributed by atoms with Crippen LogP contribution < -0.4 is 0 Å². The van der Waals surface area contributed by atoms with E-state index < -0.39 is 0 Å². The van der Waals surface area contributed by atoms with Crippen LogP contribution in [0.4, 0.5) is 0 Å². The third-order valence-corrected chi connectivity index (χ3v) is 4.37. The normalized spacial score (nSPS) is 19.5. The van der Waals surface area contributed by atoms with E-state index in [9.17, 15) is 0 Å². The van der Waals surface area contributed by atoms with Crippen LogP contribution in [0.25, 0.3) is 0 Å². The molecule has 0 N–H and O–H groups in total. The lowest BCUT2D eigenvalue weighted by molar-refractivity contribution is 0.305. The molecule has 1 atom stereocenters. The Bertz CT molecular complexity index is 295. The maximum atomic E-state index is 2.52. The van der Waals surface area contributed by atoms with Crippen molar-refractivity contribution in [1.82, 2.24) is 4.90 Å². The third-order valence-electron chi connectivity index (χ3n) is 3.07. The van der Waals surface area contributed by atoms with Crippen molar-refractivity contribution in [2.24, 2.45) is 0 Å². The van der Waals surface area contributed by atoms with Gasteiger partial charge in [0, 0.05) is 16.7 Å². The van der Waals surface area contributed by atoms with Gasteiger partial charge in [0.1, 0.15) is 0 Å². The van der Waals surface area contributed by atoms with Crippen LogP contribution in [0.15, 0.2) is 29.2 Å². The van der Waals surface area contributed by atoms with E-state index in [0.29, 0.717) is 0 Å². The zero-order valence-corrected chi connectivity index (χ0v) is 10.4. The predicted octanol–water partition coefficient (Wildman–Crippen LogP) is 3.05. The molecule has 1 heterocycles. The SMILES string of the molecule is CCN(CC)CC1Cc2ccccc2S1. The summed E-state index contributed by atoms with van der Waals surface area (Å²) in [4.78, 5) is 4.01. The van der Waals surface area contributed by atoms with Gasteiger partial charge in [-0.3, -0.25) is 0 Å². The fourth-order valence-electron chi connectivity index (χ4n) is 2.13. The molecule has 82 valence electrons. The van der Waals surface area contributed by atoms with Crippen molar-refractivity contribution in [1.29, 1.82) is 0 Å². The van der Waals surface area contributed by atoms with Gasteiger partial charge in [-0.1, -0.05) is 32.0 Å². The highest BCUT2D eigenvalue weighted by Crippen LogP contribution is 2.36. The molecule has 1 nitrogen and oxygen atoms in total. The van der Waals surface area contributed by atoms with Gasteiger partial charge in [-0.2, -0.15) is 0 Å². The fourth-order valence-corrected chi connectivity index (χ4v) is 3.49. The van der Waals surface area contributed by atoms with E-state index in [1.165, 1.54) is 31.0 Å². The van der Waals surface area contributed by atoms with E-state index >= 15 is 0 Å². The predicted molar refractivity (Wildman–Crippen MR) is 67.6 cm³/mol. The molecule has 1 aromatic carbocycles. The van der Waals surface area contributed by atoms with Crippen LogP contribution in [-0.4, -0.2) is 29.8 Å². The Labute approximate surface area is 96.9 Å². The molecule has 1 aromatic rings. The zero-order chi connectivity index (χ0) is 10.7. The van der Waals surface area contributed by atoms with Crippen molar-refractivity contribution in [2.75, 3.05) is 19.6 Å². The molecule has 0 saturated carbocycles. The van der Waals surface area contributed by atoms with E-state index in [4.69, 9.17) is 0 Å². The number of hydrogen-bond donors (Lipinski definition) is 0. The van der Waals surface area contributed by atoms with Crippen LogP contribution in [0.5, 0.6) is 0 Å². The molecule has 0 saturated heterocycles. The van der Waals surface area contributed by atoms with Crippen LogP contribution in [-0.2, 0) is 6.42 Å². The van der Waals surface area contributed by atoms with Gasteiger partial charge in [0.05, 0.1) is 0 Å². The quantitative estimate of drug-likeness (QED) is 0.769. The molecule has 0 fully saturated rings. The fraction of sp³-hybridized carbons (Fsp3) is 0.538. The lowest BCUT2D eigenvalue weighted by Crippen LogP contribution is -2.30. The second kappa shape index (κ2) is 5.04. The second-order valence-corrected chi connectivity index (χ2v) is 5.38. The van der Waals surface area contributed by atoms with Gasteiger partial charge in [0.2, 0.25) is 0 Å². The Morgan fingerprint density at radius 2 is 2.00 bits per heavy atom. The van der Waals surface area contributed by atoms with E-state index in [2.05, 4.69) is 54.8 Å². The van der Waals surface area contributed by atoms with Gasteiger partial charge in [0.25, 0.3) is 0 Å². The smallest absolute Gasteiger partial charge is 0.0263 e. The Balaban J connectivity index is 1.95. The summed E-state index contributed by atoms with van der Waals surface area (Å²) in [7, 11) is 0. The molecule has 15 heavy (non-hydrogen) atoms. The highest BCUT2D eigenvalue weighted by molar-refractivity contribution is 8.00. The van der Waals surface area contributed by atoms with Crippen molar-refractivity contribution in [3.63, 3.8) is 0 Å². The monoisotopic (exact) mass is 221 g/mol. The van der Waals surface area contributed by atoms with E-state index in [-0.39, 0.29) is 0 Å². The Morgan fingerprint density at radius 3 is 2.67 bits per heavy atom. The third kappa shape index (κ3) is 2.56. The first-order valence-corrected chi connectivity index (χ1v) is 6.68. The number of thioether (sulfide) groups is 1. The minimum atomic E-state index is 0.766. The summed E-state index contributed by atoms with van der Waals surface area (Å²) < 4.78 is 0. The number of nitrogens with zero attached hydrogens (tertiary/aromatic N) is 1. The molecular formula is C13H19NS. The Morgan fingerprint density at radius 1 is 1.27 bits per heavy atom. The molecule has 0 radical (unpaired) electrons. The van der Waals surface area contributed by atoms with Gasteiger partial charge in [-0.15, -0.1) is 11.8 Å². The average Bonchev–Trinajstić information content (AvgIpc) is 2.68.